The minimum Gasteiger partial charge on any atom is -0.309 e. The van der Waals surface area contributed by atoms with Crippen molar-refractivity contribution in [3.8, 4) is 0 Å². The summed E-state index contributed by atoms with van der Waals surface area (Å²) in [6.45, 7) is 5.39. The van der Waals surface area contributed by atoms with Crippen LogP contribution in [0.1, 0.15) is 48.9 Å². The SMILES string of the molecule is CCCNC(CCc1ccccc1)c1snnc1CC. The summed E-state index contributed by atoms with van der Waals surface area (Å²) in [5.74, 6) is 0. The van der Waals surface area contributed by atoms with Crippen molar-refractivity contribution >= 4 is 11.5 Å². The summed E-state index contributed by atoms with van der Waals surface area (Å²) < 4.78 is 4.13. The van der Waals surface area contributed by atoms with Crippen molar-refractivity contribution in [2.45, 2.75) is 45.6 Å². The molecule has 0 saturated heterocycles. The van der Waals surface area contributed by atoms with E-state index in [1.165, 1.54) is 10.4 Å². The standard InChI is InChI=1S/C16H23N3S/c1-3-12-17-15(16-14(4-2)18-19-20-16)11-10-13-8-6-5-7-9-13/h5-9,15,17H,3-4,10-12H2,1-2H3. The molecule has 1 unspecified atom stereocenters. The Balaban J connectivity index is 2.04. The van der Waals surface area contributed by atoms with Crippen molar-refractivity contribution in [2.24, 2.45) is 0 Å². The number of hydrogen-bond acceptors (Lipinski definition) is 4. The molecule has 4 heteroatoms. The van der Waals surface area contributed by atoms with Gasteiger partial charge in [-0.05, 0) is 49.3 Å². The van der Waals surface area contributed by atoms with Gasteiger partial charge in [0.15, 0.2) is 0 Å². The molecule has 0 amide bonds. The second kappa shape index (κ2) is 8.12. The van der Waals surface area contributed by atoms with E-state index in [-0.39, 0.29) is 0 Å². The molecule has 2 rings (SSSR count). The Morgan fingerprint density at radius 2 is 2.00 bits per heavy atom. The molecular weight excluding hydrogens is 266 g/mol. The highest BCUT2D eigenvalue weighted by molar-refractivity contribution is 7.05. The zero-order valence-corrected chi connectivity index (χ0v) is 13.1. The first-order chi connectivity index (χ1) is 9.85. The Morgan fingerprint density at radius 3 is 2.70 bits per heavy atom. The fraction of sp³-hybridized carbons (Fsp3) is 0.500. The topological polar surface area (TPSA) is 37.8 Å². The minimum atomic E-state index is 0.380. The average Bonchev–Trinajstić information content (AvgIpc) is 2.97. The Bertz CT molecular complexity index is 495. The van der Waals surface area contributed by atoms with E-state index >= 15 is 0 Å². The molecule has 0 aliphatic heterocycles. The van der Waals surface area contributed by atoms with Crippen molar-refractivity contribution in [3.05, 3.63) is 46.5 Å². The molecule has 3 nitrogen and oxygen atoms in total. The summed E-state index contributed by atoms with van der Waals surface area (Å²) in [5.41, 5.74) is 2.54. The largest absolute Gasteiger partial charge is 0.309 e. The van der Waals surface area contributed by atoms with Gasteiger partial charge in [0, 0.05) is 6.04 Å². The quantitative estimate of drug-likeness (QED) is 0.804. The van der Waals surface area contributed by atoms with Crippen LogP contribution in [0.15, 0.2) is 30.3 Å². The maximum Gasteiger partial charge on any atom is 0.0800 e. The Labute approximate surface area is 125 Å². The van der Waals surface area contributed by atoms with Crippen LogP contribution < -0.4 is 5.32 Å². The zero-order chi connectivity index (χ0) is 14.2. The smallest absolute Gasteiger partial charge is 0.0800 e. The third kappa shape index (κ3) is 4.12. The Kier molecular flexibility index (Phi) is 6.15. The van der Waals surface area contributed by atoms with E-state index in [0.29, 0.717) is 6.04 Å². The lowest BCUT2D eigenvalue weighted by atomic mass is 10.0. The monoisotopic (exact) mass is 289 g/mol. The molecule has 0 radical (unpaired) electrons. The van der Waals surface area contributed by atoms with E-state index < -0.39 is 0 Å². The molecule has 1 N–H and O–H groups in total. The van der Waals surface area contributed by atoms with Gasteiger partial charge in [-0.15, -0.1) is 5.10 Å². The number of aromatic nitrogens is 2. The van der Waals surface area contributed by atoms with E-state index in [9.17, 15) is 0 Å². The van der Waals surface area contributed by atoms with E-state index in [0.717, 1.165) is 37.9 Å². The summed E-state index contributed by atoms with van der Waals surface area (Å²) in [4.78, 5) is 1.32. The summed E-state index contributed by atoms with van der Waals surface area (Å²) in [6.07, 6.45) is 4.29. The number of nitrogens with zero attached hydrogens (tertiary/aromatic N) is 2. The van der Waals surface area contributed by atoms with Crippen LogP contribution in [-0.2, 0) is 12.8 Å². The third-order valence-electron chi connectivity index (χ3n) is 3.44. The number of benzene rings is 1. The van der Waals surface area contributed by atoms with Crippen LogP contribution in [0, 0.1) is 0 Å². The molecule has 108 valence electrons. The van der Waals surface area contributed by atoms with Gasteiger partial charge in [0.05, 0.1) is 10.6 Å². The van der Waals surface area contributed by atoms with Crippen LogP contribution in [0.2, 0.25) is 0 Å². The van der Waals surface area contributed by atoms with Crippen molar-refractivity contribution in [1.82, 2.24) is 14.9 Å². The average molecular weight is 289 g/mol. The van der Waals surface area contributed by atoms with Crippen LogP contribution in [0.5, 0.6) is 0 Å². The molecule has 0 spiro atoms. The van der Waals surface area contributed by atoms with Gasteiger partial charge in [-0.3, -0.25) is 0 Å². The lowest BCUT2D eigenvalue weighted by molar-refractivity contribution is 0.502. The van der Waals surface area contributed by atoms with Crippen LogP contribution in [0.3, 0.4) is 0 Å². The van der Waals surface area contributed by atoms with Gasteiger partial charge < -0.3 is 5.32 Å². The molecule has 1 heterocycles. The van der Waals surface area contributed by atoms with Crippen LogP contribution in [0.25, 0.3) is 0 Å². The first-order valence-electron chi connectivity index (χ1n) is 7.43. The highest BCUT2D eigenvalue weighted by Crippen LogP contribution is 2.25. The highest BCUT2D eigenvalue weighted by Gasteiger charge is 2.17. The number of aryl methyl sites for hydroxylation is 2. The van der Waals surface area contributed by atoms with Gasteiger partial charge in [-0.25, -0.2) is 0 Å². The van der Waals surface area contributed by atoms with Crippen LogP contribution in [0.4, 0.5) is 0 Å². The van der Waals surface area contributed by atoms with Crippen LogP contribution in [-0.4, -0.2) is 16.1 Å². The molecule has 1 atom stereocenters. The zero-order valence-electron chi connectivity index (χ0n) is 12.3. The summed E-state index contributed by atoms with van der Waals surface area (Å²) in [6, 6.07) is 11.1. The minimum absolute atomic E-state index is 0.380. The summed E-state index contributed by atoms with van der Waals surface area (Å²) in [5, 5.41) is 7.89. The van der Waals surface area contributed by atoms with Crippen molar-refractivity contribution < 1.29 is 0 Å². The molecule has 1 aromatic carbocycles. The Morgan fingerprint density at radius 1 is 1.20 bits per heavy atom. The number of hydrogen-bond donors (Lipinski definition) is 1. The molecule has 0 fully saturated rings. The molecule has 0 aliphatic rings. The molecule has 0 bridgehead atoms. The molecule has 2 aromatic rings. The normalized spacial score (nSPS) is 12.5. The van der Waals surface area contributed by atoms with Gasteiger partial charge in [0.1, 0.15) is 0 Å². The van der Waals surface area contributed by atoms with Gasteiger partial charge in [0.2, 0.25) is 0 Å². The van der Waals surface area contributed by atoms with Crippen molar-refractivity contribution in [2.75, 3.05) is 6.54 Å². The molecular formula is C16H23N3S. The fourth-order valence-electron chi connectivity index (χ4n) is 2.33. The fourth-order valence-corrected chi connectivity index (χ4v) is 3.17. The predicted octanol–water partition coefficient (Wildman–Crippen LogP) is 3.77. The van der Waals surface area contributed by atoms with Gasteiger partial charge >= 0.3 is 0 Å². The molecule has 0 saturated carbocycles. The van der Waals surface area contributed by atoms with E-state index in [1.54, 1.807) is 11.5 Å². The highest BCUT2D eigenvalue weighted by atomic mass is 32.1. The molecule has 1 aromatic heterocycles. The molecule has 0 aliphatic carbocycles. The van der Waals surface area contributed by atoms with Crippen LogP contribution >= 0.6 is 11.5 Å². The van der Waals surface area contributed by atoms with Gasteiger partial charge in [0.25, 0.3) is 0 Å². The predicted molar refractivity (Wildman–Crippen MR) is 85.1 cm³/mol. The van der Waals surface area contributed by atoms with Gasteiger partial charge in [-0.1, -0.05) is 48.7 Å². The first-order valence-corrected chi connectivity index (χ1v) is 8.20. The van der Waals surface area contributed by atoms with Crippen molar-refractivity contribution in [3.63, 3.8) is 0 Å². The second-order valence-electron chi connectivity index (χ2n) is 4.97. The van der Waals surface area contributed by atoms with E-state index in [4.69, 9.17) is 0 Å². The lowest BCUT2D eigenvalue weighted by Gasteiger charge is -2.17. The van der Waals surface area contributed by atoms with Crippen molar-refractivity contribution in [1.29, 1.82) is 0 Å². The molecule has 20 heavy (non-hydrogen) atoms. The summed E-state index contributed by atoms with van der Waals surface area (Å²) >= 11 is 1.54. The first kappa shape index (κ1) is 15.1. The third-order valence-corrected chi connectivity index (χ3v) is 4.32. The van der Waals surface area contributed by atoms with E-state index in [1.807, 2.05) is 0 Å². The Hall–Kier alpha value is -1.26. The number of nitrogens with one attached hydrogen (secondary N) is 1. The maximum atomic E-state index is 4.25. The van der Waals surface area contributed by atoms with Gasteiger partial charge in [-0.2, -0.15) is 0 Å². The lowest BCUT2D eigenvalue weighted by Crippen LogP contribution is -2.23. The number of rotatable bonds is 8. The second-order valence-corrected chi connectivity index (χ2v) is 5.75. The maximum absolute atomic E-state index is 4.25. The van der Waals surface area contributed by atoms with E-state index in [2.05, 4.69) is 59.1 Å². The summed E-state index contributed by atoms with van der Waals surface area (Å²) in [7, 11) is 0.